The van der Waals surface area contributed by atoms with E-state index in [1.165, 1.54) is 6.08 Å². The van der Waals surface area contributed by atoms with Crippen molar-refractivity contribution in [3.05, 3.63) is 64.7 Å². The lowest BCUT2D eigenvalue weighted by atomic mass is 9.78. The molecule has 2 aromatic carbocycles. The Morgan fingerprint density at radius 3 is 1.93 bits per heavy atom. The van der Waals surface area contributed by atoms with Gasteiger partial charge in [0.25, 0.3) is 0 Å². The van der Waals surface area contributed by atoms with E-state index in [0.717, 1.165) is 22.3 Å². The first-order chi connectivity index (χ1) is 12.9. The Labute approximate surface area is 168 Å². The van der Waals surface area contributed by atoms with Crippen molar-refractivity contribution in [3.63, 3.8) is 0 Å². The number of phenols is 1. The zero-order valence-corrected chi connectivity index (χ0v) is 17.6. The summed E-state index contributed by atoms with van der Waals surface area (Å²) >= 11 is 0. The van der Waals surface area contributed by atoms with Crippen molar-refractivity contribution in [3.8, 4) is 18.1 Å². The summed E-state index contributed by atoms with van der Waals surface area (Å²) in [5.41, 5.74) is 3.64. The van der Waals surface area contributed by atoms with Crippen molar-refractivity contribution in [1.29, 1.82) is 0 Å². The number of aromatic hydroxyl groups is 1. The quantitative estimate of drug-likeness (QED) is 0.540. The summed E-state index contributed by atoms with van der Waals surface area (Å²) < 4.78 is 0. The van der Waals surface area contributed by atoms with E-state index in [-0.39, 0.29) is 16.7 Å². The fourth-order valence-electron chi connectivity index (χ4n) is 2.90. The van der Waals surface area contributed by atoms with Crippen LogP contribution < -0.4 is 5.32 Å². The van der Waals surface area contributed by atoms with E-state index in [4.69, 9.17) is 6.42 Å². The summed E-state index contributed by atoms with van der Waals surface area (Å²) in [5.74, 6) is 2.65. The summed E-state index contributed by atoms with van der Waals surface area (Å²) in [7, 11) is 0. The van der Waals surface area contributed by atoms with Crippen LogP contribution in [0.2, 0.25) is 0 Å². The molecule has 3 heteroatoms. The van der Waals surface area contributed by atoms with Gasteiger partial charge in [-0.1, -0.05) is 47.5 Å². The van der Waals surface area contributed by atoms with Crippen LogP contribution in [0, 0.1) is 12.3 Å². The monoisotopic (exact) mass is 375 g/mol. The molecular weight excluding hydrogens is 346 g/mol. The molecule has 0 aliphatic heterocycles. The van der Waals surface area contributed by atoms with Crippen molar-refractivity contribution in [2.45, 2.75) is 52.4 Å². The van der Waals surface area contributed by atoms with Gasteiger partial charge < -0.3 is 10.4 Å². The summed E-state index contributed by atoms with van der Waals surface area (Å²) in [6.45, 7) is 12.4. The first kappa shape index (κ1) is 21.3. The summed E-state index contributed by atoms with van der Waals surface area (Å²) in [6.07, 6.45) is 8.62. The van der Waals surface area contributed by atoms with E-state index >= 15 is 0 Å². The van der Waals surface area contributed by atoms with Crippen molar-refractivity contribution in [2.24, 2.45) is 0 Å². The number of carbonyl (C=O) groups is 1. The highest BCUT2D eigenvalue weighted by molar-refractivity contribution is 6.02. The minimum absolute atomic E-state index is 0.213. The van der Waals surface area contributed by atoms with Crippen LogP contribution in [0.3, 0.4) is 0 Å². The molecule has 0 radical (unpaired) electrons. The predicted octanol–water partition coefficient (Wildman–Crippen LogP) is 5.62. The molecule has 2 aromatic rings. The molecule has 0 spiro atoms. The highest BCUT2D eigenvalue weighted by Gasteiger charge is 2.26. The van der Waals surface area contributed by atoms with Gasteiger partial charge in [-0.15, -0.1) is 6.42 Å². The molecule has 0 aromatic heterocycles. The molecule has 1 amide bonds. The van der Waals surface area contributed by atoms with Gasteiger partial charge in [0.2, 0.25) is 5.91 Å². The van der Waals surface area contributed by atoms with E-state index < -0.39 is 0 Å². The van der Waals surface area contributed by atoms with Crippen molar-refractivity contribution in [2.75, 3.05) is 5.32 Å². The molecule has 0 aliphatic carbocycles. The SMILES string of the molecule is C#Cc1ccc(NC(=O)/C=C/c2cc(C(C)(C)C)c(O)c(C(C)(C)C)c2)cc1. The minimum Gasteiger partial charge on any atom is -0.507 e. The van der Waals surface area contributed by atoms with E-state index in [2.05, 4.69) is 52.8 Å². The standard InChI is InChI=1S/C25H29NO2/c1-8-17-9-12-19(13-10-17)26-22(27)14-11-18-15-20(24(2,3)4)23(28)21(16-18)25(5,6)7/h1,9-16,28H,2-7H3,(H,26,27)/b14-11+. The second kappa shape index (κ2) is 7.94. The number of terminal acetylenes is 1. The van der Waals surface area contributed by atoms with E-state index in [9.17, 15) is 9.90 Å². The van der Waals surface area contributed by atoms with Crippen LogP contribution in [0.25, 0.3) is 6.08 Å². The first-order valence-corrected chi connectivity index (χ1v) is 9.35. The molecule has 0 fully saturated rings. The van der Waals surface area contributed by atoms with Crippen LogP contribution in [0.4, 0.5) is 5.69 Å². The number of hydrogen-bond donors (Lipinski definition) is 2. The molecule has 0 aliphatic rings. The zero-order chi connectivity index (χ0) is 21.1. The fourth-order valence-corrected chi connectivity index (χ4v) is 2.90. The number of nitrogens with one attached hydrogen (secondary N) is 1. The summed E-state index contributed by atoms with van der Waals surface area (Å²) in [6, 6.07) is 11.0. The Bertz CT molecular complexity index is 895. The van der Waals surface area contributed by atoms with Gasteiger partial charge in [0.05, 0.1) is 0 Å². The fraction of sp³-hybridized carbons (Fsp3) is 0.320. The Hall–Kier alpha value is -2.99. The molecular formula is C25H29NO2. The summed E-state index contributed by atoms with van der Waals surface area (Å²) in [4.78, 5) is 12.3. The Kier molecular flexibility index (Phi) is 6.04. The maximum Gasteiger partial charge on any atom is 0.248 e. The number of amides is 1. The first-order valence-electron chi connectivity index (χ1n) is 9.35. The van der Waals surface area contributed by atoms with Gasteiger partial charge in [0.1, 0.15) is 5.75 Å². The lowest BCUT2D eigenvalue weighted by molar-refractivity contribution is -0.111. The number of phenolic OH excluding ortho intramolecular Hbond substituents is 1. The minimum atomic E-state index is -0.226. The Balaban J connectivity index is 2.31. The average molecular weight is 376 g/mol. The second-order valence-corrected chi connectivity index (χ2v) is 9.01. The molecule has 0 atom stereocenters. The zero-order valence-electron chi connectivity index (χ0n) is 17.6. The Morgan fingerprint density at radius 1 is 1.00 bits per heavy atom. The average Bonchev–Trinajstić information content (AvgIpc) is 2.59. The van der Waals surface area contributed by atoms with Gasteiger partial charge >= 0.3 is 0 Å². The van der Waals surface area contributed by atoms with Gasteiger partial charge in [-0.2, -0.15) is 0 Å². The highest BCUT2D eigenvalue weighted by atomic mass is 16.3. The van der Waals surface area contributed by atoms with Gasteiger partial charge in [-0.25, -0.2) is 0 Å². The van der Waals surface area contributed by atoms with E-state index in [1.807, 2.05) is 12.1 Å². The number of carbonyl (C=O) groups excluding carboxylic acids is 1. The number of anilines is 1. The van der Waals surface area contributed by atoms with Gasteiger partial charge in [-0.3, -0.25) is 4.79 Å². The van der Waals surface area contributed by atoms with Crippen LogP contribution >= 0.6 is 0 Å². The van der Waals surface area contributed by atoms with E-state index in [1.54, 1.807) is 30.3 Å². The summed E-state index contributed by atoms with van der Waals surface area (Å²) in [5, 5.41) is 13.6. The number of hydrogen-bond acceptors (Lipinski definition) is 2. The van der Waals surface area contributed by atoms with Gasteiger partial charge in [0, 0.05) is 28.5 Å². The molecule has 28 heavy (non-hydrogen) atoms. The third-order valence-electron chi connectivity index (χ3n) is 4.49. The van der Waals surface area contributed by atoms with Crippen LogP contribution in [-0.4, -0.2) is 11.0 Å². The van der Waals surface area contributed by atoms with Crippen LogP contribution in [0.5, 0.6) is 5.75 Å². The molecule has 0 saturated carbocycles. The lowest BCUT2D eigenvalue weighted by Crippen LogP contribution is -2.17. The van der Waals surface area contributed by atoms with Gasteiger partial charge in [-0.05, 0) is 58.9 Å². The molecule has 0 unspecified atom stereocenters. The van der Waals surface area contributed by atoms with Crippen molar-refractivity contribution in [1.82, 2.24) is 0 Å². The maximum atomic E-state index is 12.3. The third-order valence-corrected chi connectivity index (χ3v) is 4.49. The number of rotatable bonds is 3. The van der Waals surface area contributed by atoms with Crippen molar-refractivity contribution < 1.29 is 9.90 Å². The third kappa shape index (κ3) is 5.27. The van der Waals surface area contributed by atoms with Crippen LogP contribution in [0.1, 0.15) is 63.8 Å². The molecule has 0 saturated heterocycles. The topological polar surface area (TPSA) is 49.3 Å². The lowest BCUT2D eigenvalue weighted by Gasteiger charge is -2.27. The molecule has 0 heterocycles. The maximum absolute atomic E-state index is 12.3. The highest BCUT2D eigenvalue weighted by Crippen LogP contribution is 2.40. The Morgan fingerprint density at radius 2 is 1.50 bits per heavy atom. The molecule has 3 nitrogen and oxygen atoms in total. The molecule has 146 valence electrons. The van der Waals surface area contributed by atoms with Crippen LogP contribution in [-0.2, 0) is 15.6 Å². The van der Waals surface area contributed by atoms with Crippen molar-refractivity contribution >= 4 is 17.7 Å². The number of benzene rings is 2. The predicted molar refractivity (Wildman–Crippen MR) is 118 cm³/mol. The van der Waals surface area contributed by atoms with Gasteiger partial charge in [0.15, 0.2) is 0 Å². The molecule has 2 rings (SSSR count). The molecule has 2 N–H and O–H groups in total. The smallest absolute Gasteiger partial charge is 0.248 e. The van der Waals surface area contributed by atoms with E-state index in [0.29, 0.717) is 11.4 Å². The normalized spacial score (nSPS) is 12.0. The molecule has 0 bridgehead atoms. The largest absolute Gasteiger partial charge is 0.507 e. The van der Waals surface area contributed by atoms with Crippen LogP contribution in [0.15, 0.2) is 42.5 Å². The second-order valence-electron chi connectivity index (χ2n) is 9.01.